The normalized spacial score (nSPS) is 14.5. The van der Waals surface area contributed by atoms with Gasteiger partial charge in [0.05, 0.1) is 10.6 Å². The van der Waals surface area contributed by atoms with E-state index in [1.807, 2.05) is 57.2 Å². The van der Waals surface area contributed by atoms with E-state index in [1.165, 1.54) is 4.90 Å². The van der Waals surface area contributed by atoms with Gasteiger partial charge in [-0.15, -0.1) is 0 Å². The molecule has 4 rings (SSSR count). The Bertz CT molecular complexity index is 1400. The zero-order chi connectivity index (χ0) is 28.7. The van der Waals surface area contributed by atoms with Gasteiger partial charge in [-0.05, 0) is 68.5 Å². The molecule has 1 saturated carbocycles. The van der Waals surface area contributed by atoms with Gasteiger partial charge in [0.2, 0.25) is 11.8 Å². The largest absolute Gasteiger partial charge is 0.352 e. The van der Waals surface area contributed by atoms with E-state index in [-0.39, 0.29) is 23.4 Å². The lowest BCUT2D eigenvalue weighted by molar-refractivity contribution is -0.140. The summed E-state index contributed by atoms with van der Waals surface area (Å²) in [5, 5.41) is 3.14. The van der Waals surface area contributed by atoms with E-state index in [0.29, 0.717) is 12.1 Å². The van der Waals surface area contributed by atoms with Crippen LogP contribution in [0.2, 0.25) is 0 Å². The summed E-state index contributed by atoms with van der Waals surface area (Å²) < 4.78 is 29.1. The summed E-state index contributed by atoms with van der Waals surface area (Å²) in [6.07, 6.45) is 4.44. The van der Waals surface area contributed by atoms with Crippen LogP contribution in [-0.2, 0) is 26.2 Å². The van der Waals surface area contributed by atoms with Gasteiger partial charge >= 0.3 is 0 Å². The van der Waals surface area contributed by atoms with Crippen LogP contribution in [0, 0.1) is 13.8 Å². The molecule has 212 valence electrons. The monoisotopic (exact) mass is 561 g/mol. The van der Waals surface area contributed by atoms with Crippen molar-refractivity contribution < 1.29 is 18.0 Å². The molecule has 0 aliphatic heterocycles. The van der Waals surface area contributed by atoms with Crippen LogP contribution in [0.3, 0.4) is 0 Å². The third-order valence-corrected chi connectivity index (χ3v) is 9.25. The second-order valence-corrected chi connectivity index (χ2v) is 12.4. The second kappa shape index (κ2) is 13.1. The summed E-state index contributed by atoms with van der Waals surface area (Å²) in [5.74, 6) is -0.628. The van der Waals surface area contributed by atoms with Crippen molar-refractivity contribution in [3.05, 3.63) is 95.6 Å². The number of amides is 2. The minimum atomic E-state index is -4.08. The Hall–Kier alpha value is -3.65. The molecule has 2 amide bonds. The van der Waals surface area contributed by atoms with E-state index in [1.54, 1.807) is 42.5 Å². The van der Waals surface area contributed by atoms with Gasteiger partial charge in [-0.1, -0.05) is 79.9 Å². The Morgan fingerprint density at radius 3 is 2.20 bits per heavy atom. The van der Waals surface area contributed by atoms with Crippen LogP contribution in [0.5, 0.6) is 0 Å². The van der Waals surface area contributed by atoms with E-state index in [9.17, 15) is 18.0 Å². The van der Waals surface area contributed by atoms with Crippen LogP contribution in [-0.4, -0.2) is 43.8 Å². The van der Waals surface area contributed by atoms with Gasteiger partial charge in [-0.25, -0.2) is 8.42 Å². The molecular formula is C32H39N3O4S. The summed E-state index contributed by atoms with van der Waals surface area (Å²) in [6.45, 7) is 5.42. The van der Waals surface area contributed by atoms with Crippen molar-refractivity contribution in [2.24, 2.45) is 0 Å². The summed E-state index contributed by atoms with van der Waals surface area (Å²) >= 11 is 0. The van der Waals surface area contributed by atoms with Crippen molar-refractivity contribution in [2.45, 2.75) is 76.4 Å². The molecule has 1 aliphatic carbocycles. The number of anilines is 1. The van der Waals surface area contributed by atoms with Crippen molar-refractivity contribution in [1.29, 1.82) is 0 Å². The maximum atomic E-state index is 14.1. The first kappa shape index (κ1) is 29.3. The summed E-state index contributed by atoms with van der Waals surface area (Å²) in [6, 6.07) is 22.6. The van der Waals surface area contributed by atoms with Gasteiger partial charge in [0.15, 0.2) is 0 Å². The lowest BCUT2D eigenvalue weighted by Gasteiger charge is -2.33. The fourth-order valence-corrected chi connectivity index (χ4v) is 6.62. The molecule has 0 bridgehead atoms. The number of hydrogen-bond acceptors (Lipinski definition) is 4. The Morgan fingerprint density at radius 2 is 1.57 bits per heavy atom. The first-order valence-electron chi connectivity index (χ1n) is 14.0. The number of sulfonamides is 1. The minimum absolute atomic E-state index is 0.105. The van der Waals surface area contributed by atoms with Crippen LogP contribution < -0.4 is 9.62 Å². The summed E-state index contributed by atoms with van der Waals surface area (Å²) in [7, 11) is -4.08. The number of nitrogens with zero attached hydrogens (tertiary/aromatic N) is 2. The molecule has 40 heavy (non-hydrogen) atoms. The lowest BCUT2D eigenvalue weighted by Crippen LogP contribution is -2.53. The van der Waals surface area contributed by atoms with E-state index in [2.05, 4.69) is 5.32 Å². The first-order valence-corrected chi connectivity index (χ1v) is 15.4. The molecule has 1 N–H and O–H groups in total. The highest BCUT2D eigenvalue weighted by Crippen LogP contribution is 2.26. The number of aryl methyl sites for hydroxylation is 2. The van der Waals surface area contributed by atoms with Crippen LogP contribution >= 0.6 is 0 Å². The quantitative estimate of drug-likeness (QED) is 0.341. The smallest absolute Gasteiger partial charge is 0.264 e. The molecule has 3 aromatic rings. The predicted octanol–water partition coefficient (Wildman–Crippen LogP) is 5.36. The zero-order valence-corrected chi connectivity index (χ0v) is 24.4. The molecule has 0 radical (unpaired) electrons. The third-order valence-electron chi connectivity index (χ3n) is 7.46. The van der Waals surface area contributed by atoms with Crippen molar-refractivity contribution in [3.63, 3.8) is 0 Å². The second-order valence-electron chi connectivity index (χ2n) is 10.6. The topological polar surface area (TPSA) is 86.8 Å². The molecule has 1 aliphatic rings. The highest BCUT2D eigenvalue weighted by Gasteiger charge is 2.34. The molecule has 7 nitrogen and oxygen atoms in total. The van der Waals surface area contributed by atoms with Gasteiger partial charge in [0.25, 0.3) is 10.0 Å². The molecule has 0 heterocycles. The van der Waals surface area contributed by atoms with Crippen molar-refractivity contribution in [1.82, 2.24) is 10.2 Å². The average Bonchev–Trinajstić information content (AvgIpc) is 3.45. The Kier molecular flexibility index (Phi) is 9.63. The maximum Gasteiger partial charge on any atom is 0.264 e. The molecule has 0 spiro atoms. The lowest BCUT2D eigenvalue weighted by atomic mass is 10.1. The highest BCUT2D eigenvalue weighted by molar-refractivity contribution is 7.92. The van der Waals surface area contributed by atoms with Crippen LogP contribution in [0.15, 0.2) is 83.8 Å². The highest BCUT2D eigenvalue weighted by atomic mass is 32.2. The zero-order valence-electron chi connectivity index (χ0n) is 23.5. The summed E-state index contributed by atoms with van der Waals surface area (Å²) in [5.41, 5.74) is 3.08. The molecule has 3 aromatic carbocycles. The molecule has 1 fully saturated rings. The standard InChI is InChI=1S/C32H39N3O4S/c1-4-30(32(37)33-27-14-8-9-15-27)34(22-26-12-6-5-7-13-26)31(36)23-35(28-16-10-11-25(3)21-28)40(38,39)29-19-17-24(2)18-20-29/h5-7,10-13,16-21,27,30H,4,8-9,14-15,22-23H2,1-3H3,(H,33,37). The molecule has 0 aromatic heterocycles. The molecule has 1 unspecified atom stereocenters. The third kappa shape index (κ3) is 7.10. The molecule has 1 atom stereocenters. The molecule has 8 heteroatoms. The van der Waals surface area contributed by atoms with E-state index in [4.69, 9.17) is 0 Å². The predicted molar refractivity (Wildman–Crippen MR) is 158 cm³/mol. The fraction of sp³-hybridized carbons (Fsp3) is 0.375. The van der Waals surface area contributed by atoms with E-state index < -0.39 is 28.5 Å². The number of benzene rings is 3. The minimum Gasteiger partial charge on any atom is -0.352 e. The van der Waals surface area contributed by atoms with Gasteiger partial charge < -0.3 is 10.2 Å². The fourth-order valence-electron chi connectivity index (χ4n) is 5.22. The molecule has 0 saturated heterocycles. The average molecular weight is 562 g/mol. The number of rotatable bonds is 11. The van der Waals surface area contributed by atoms with E-state index in [0.717, 1.165) is 46.7 Å². The Balaban J connectivity index is 1.70. The van der Waals surface area contributed by atoms with Crippen molar-refractivity contribution in [3.8, 4) is 0 Å². The first-order chi connectivity index (χ1) is 19.2. The number of nitrogens with one attached hydrogen (secondary N) is 1. The van der Waals surface area contributed by atoms with Gasteiger partial charge in [-0.3, -0.25) is 13.9 Å². The SMILES string of the molecule is CCC(C(=O)NC1CCCC1)N(Cc1ccccc1)C(=O)CN(c1cccc(C)c1)S(=O)(=O)c1ccc(C)cc1. The van der Waals surface area contributed by atoms with Gasteiger partial charge in [-0.2, -0.15) is 0 Å². The maximum absolute atomic E-state index is 14.1. The van der Waals surface area contributed by atoms with Crippen molar-refractivity contribution >= 4 is 27.5 Å². The summed E-state index contributed by atoms with van der Waals surface area (Å²) in [4.78, 5) is 29.2. The number of carbonyl (C=O) groups excluding carboxylic acids is 2. The van der Waals surface area contributed by atoms with Crippen LogP contribution in [0.1, 0.15) is 55.7 Å². The van der Waals surface area contributed by atoms with E-state index >= 15 is 0 Å². The Labute approximate surface area is 238 Å². The van der Waals surface area contributed by atoms with Gasteiger partial charge in [0, 0.05) is 12.6 Å². The van der Waals surface area contributed by atoms with Gasteiger partial charge in [0.1, 0.15) is 12.6 Å². The van der Waals surface area contributed by atoms with Crippen molar-refractivity contribution in [2.75, 3.05) is 10.8 Å². The van der Waals surface area contributed by atoms with Crippen LogP contribution in [0.25, 0.3) is 0 Å². The number of hydrogen-bond donors (Lipinski definition) is 1. The Morgan fingerprint density at radius 1 is 0.900 bits per heavy atom. The molecular weight excluding hydrogens is 522 g/mol. The number of carbonyl (C=O) groups is 2. The van der Waals surface area contributed by atoms with Crippen LogP contribution in [0.4, 0.5) is 5.69 Å².